The van der Waals surface area contributed by atoms with Gasteiger partial charge >= 0.3 is 0 Å². The maximum absolute atomic E-state index is 11.8. The maximum atomic E-state index is 11.8. The molecule has 0 radical (unpaired) electrons. The SMILES string of the molecule is O=C(NCC1CCC(O)C1)C1CSCCN1. The first kappa shape index (κ1) is 12.2. The third-order valence-corrected chi connectivity index (χ3v) is 4.38. The number of carbonyl (C=O) groups is 1. The average Bonchev–Trinajstić information content (AvgIpc) is 2.73. The van der Waals surface area contributed by atoms with Crippen LogP contribution in [0.4, 0.5) is 0 Å². The molecule has 1 amide bonds. The molecule has 16 heavy (non-hydrogen) atoms. The normalized spacial score (nSPS) is 34.9. The second kappa shape index (κ2) is 5.89. The van der Waals surface area contributed by atoms with E-state index in [1.807, 2.05) is 11.8 Å². The lowest BCUT2D eigenvalue weighted by molar-refractivity contribution is -0.122. The van der Waals surface area contributed by atoms with Crippen LogP contribution in [0, 0.1) is 5.92 Å². The highest BCUT2D eigenvalue weighted by Crippen LogP contribution is 2.24. The van der Waals surface area contributed by atoms with Crippen molar-refractivity contribution in [3.8, 4) is 0 Å². The van der Waals surface area contributed by atoms with Gasteiger partial charge in [0.15, 0.2) is 0 Å². The molecule has 3 N–H and O–H groups in total. The molecule has 2 aliphatic rings. The first-order valence-corrected chi connectivity index (χ1v) is 7.18. The van der Waals surface area contributed by atoms with Crippen LogP contribution in [0.15, 0.2) is 0 Å². The van der Waals surface area contributed by atoms with Gasteiger partial charge in [-0.05, 0) is 25.2 Å². The quantitative estimate of drug-likeness (QED) is 0.652. The van der Waals surface area contributed by atoms with Gasteiger partial charge in [0.25, 0.3) is 0 Å². The largest absolute Gasteiger partial charge is 0.393 e. The second-order valence-electron chi connectivity index (χ2n) is 4.66. The van der Waals surface area contributed by atoms with Gasteiger partial charge in [-0.3, -0.25) is 4.79 Å². The van der Waals surface area contributed by atoms with Crippen LogP contribution in [-0.4, -0.2) is 47.8 Å². The van der Waals surface area contributed by atoms with Crippen LogP contribution in [0.5, 0.6) is 0 Å². The summed E-state index contributed by atoms with van der Waals surface area (Å²) in [6, 6.07) is -0.0231. The fourth-order valence-corrected chi connectivity index (χ4v) is 3.27. The number of thioether (sulfide) groups is 1. The van der Waals surface area contributed by atoms with Crippen molar-refractivity contribution in [1.29, 1.82) is 0 Å². The number of hydrogen-bond donors (Lipinski definition) is 3. The third-order valence-electron chi connectivity index (χ3n) is 3.32. The predicted molar refractivity (Wildman–Crippen MR) is 65.5 cm³/mol. The molecule has 1 aliphatic carbocycles. The van der Waals surface area contributed by atoms with Crippen molar-refractivity contribution in [2.45, 2.75) is 31.4 Å². The summed E-state index contributed by atoms with van der Waals surface area (Å²) in [5.41, 5.74) is 0. The van der Waals surface area contributed by atoms with Gasteiger partial charge in [-0.25, -0.2) is 0 Å². The van der Waals surface area contributed by atoms with Crippen molar-refractivity contribution in [3.63, 3.8) is 0 Å². The van der Waals surface area contributed by atoms with E-state index in [0.29, 0.717) is 5.92 Å². The molecule has 0 bridgehead atoms. The van der Waals surface area contributed by atoms with Crippen LogP contribution in [0.25, 0.3) is 0 Å². The Hall–Kier alpha value is -0.260. The fourth-order valence-electron chi connectivity index (χ4n) is 2.34. The van der Waals surface area contributed by atoms with Crippen molar-refractivity contribution in [1.82, 2.24) is 10.6 Å². The topological polar surface area (TPSA) is 61.4 Å². The zero-order valence-electron chi connectivity index (χ0n) is 9.45. The Morgan fingerprint density at radius 2 is 2.38 bits per heavy atom. The summed E-state index contributed by atoms with van der Waals surface area (Å²) < 4.78 is 0. The number of hydrogen-bond acceptors (Lipinski definition) is 4. The summed E-state index contributed by atoms with van der Waals surface area (Å²) in [5, 5.41) is 15.6. The molecule has 0 aromatic rings. The van der Waals surface area contributed by atoms with Crippen molar-refractivity contribution in [3.05, 3.63) is 0 Å². The van der Waals surface area contributed by atoms with E-state index in [1.54, 1.807) is 0 Å². The lowest BCUT2D eigenvalue weighted by atomic mass is 10.1. The smallest absolute Gasteiger partial charge is 0.238 e. The summed E-state index contributed by atoms with van der Waals surface area (Å²) in [5.74, 6) is 2.56. The van der Waals surface area contributed by atoms with E-state index >= 15 is 0 Å². The summed E-state index contributed by atoms with van der Waals surface area (Å²) >= 11 is 1.83. The molecule has 1 heterocycles. The fraction of sp³-hybridized carbons (Fsp3) is 0.909. The first-order chi connectivity index (χ1) is 7.75. The lowest BCUT2D eigenvalue weighted by Crippen LogP contribution is -2.49. The van der Waals surface area contributed by atoms with E-state index in [9.17, 15) is 9.90 Å². The van der Waals surface area contributed by atoms with E-state index in [0.717, 1.165) is 43.9 Å². The second-order valence-corrected chi connectivity index (χ2v) is 5.81. The van der Waals surface area contributed by atoms with Crippen LogP contribution in [-0.2, 0) is 4.79 Å². The molecule has 2 fully saturated rings. The van der Waals surface area contributed by atoms with Crippen LogP contribution in [0.2, 0.25) is 0 Å². The van der Waals surface area contributed by atoms with Gasteiger partial charge in [0, 0.05) is 24.6 Å². The van der Waals surface area contributed by atoms with Crippen molar-refractivity contribution in [2.24, 2.45) is 5.92 Å². The minimum atomic E-state index is -0.148. The van der Waals surface area contributed by atoms with Gasteiger partial charge < -0.3 is 15.7 Å². The van der Waals surface area contributed by atoms with Crippen LogP contribution in [0.1, 0.15) is 19.3 Å². The highest BCUT2D eigenvalue weighted by molar-refractivity contribution is 7.99. The highest BCUT2D eigenvalue weighted by Gasteiger charge is 2.25. The minimum Gasteiger partial charge on any atom is -0.393 e. The monoisotopic (exact) mass is 244 g/mol. The van der Waals surface area contributed by atoms with Gasteiger partial charge in [0.2, 0.25) is 5.91 Å². The molecule has 3 unspecified atom stereocenters. The van der Waals surface area contributed by atoms with Crippen LogP contribution >= 0.6 is 11.8 Å². The number of aliphatic hydroxyl groups excluding tert-OH is 1. The van der Waals surface area contributed by atoms with Gasteiger partial charge in [-0.15, -0.1) is 0 Å². The summed E-state index contributed by atoms with van der Waals surface area (Å²) in [6.07, 6.45) is 2.62. The van der Waals surface area contributed by atoms with E-state index in [1.165, 1.54) is 0 Å². The lowest BCUT2D eigenvalue weighted by Gasteiger charge is -2.23. The molecule has 4 nitrogen and oxygen atoms in total. The molecule has 0 spiro atoms. The standard InChI is InChI=1S/C11H20N2O2S/c14-9-2-1-8(5-9)6-13-11(15)10-7-16-4-3-12-10/h8-10,12,14H,1-7H2,(H,13,15). The van der Waals surface area contributed by atoms with E-state index < -0.39 is 0 Å². The molecule has 0 aromatic carbocycles. The maximum Gasteiger partial charge on any atom is 0.238 e. The third kappa shape index (κ3) is 3.37. The number of rotatable bonds is 3. The predicted octanol–water partition coefficient (Wildman–Crippen LogP) is -0.0314. The van der Waals surface area contributed by atoms with Gasteiger partial charge in [0.05, 0.1) is 12.1 Å². The minimum absolute atomic E-state index is 0.0231. The molecule has 1 saturated carbocycles. The van der Waals surface area contributed by atoms with E-state index in [-0.39, 0.29) is 18.1 Å². The Morgan fingerprint density at radius 3 is 3.00 bits per heavy atom. The number of amides is 1. The number of aliphatic hydroxyl groups is 1. The molecular formula is C11H20N2O2S. The molecule has 2 rings (SSSR count). The Morgan fingerprint density at radius 1 is 1.50 bits per heavy atom. The Bertz CT molecular complexity index is 244. The molecule has 1 saturated heterocycles. The van der Waals surface area contributed by atoms with Crippen molar-refractivity contribution in [2.75, 3.05) is 24.6 Å². The Balaban J connectivity index is 1.66. The van der Waals surface area contributed by atoms with Gasteiger partial charge in [-0.1, -0.05) is 0 Å². The summed E-state index contributed by atoms with van der Waals surface area (Å²) in [6.45, 7) is 1.64. The van der Waals surface area contributed by atoms with Crippen molar-refractivity contribution < 1.29 is 9.90 Å². The van der Waals surface area contributed by atoms with Gasteiger partial charge in [0.1, 0.15) is 0 Å². The van der Waals surface area contributed by atoms with Crippen molar-refractivity contribution >= 4 is 17.7 Å². The molecule has 92 valence electrons. The molecule has 3 atom stereocenters. The zero-order chi connectivity index (χ0) is 11.4. The number of nitrogens with one attached hydrogen (secondary N) is 2. The molecule has 0 aromatic heterocycles. The summed E-state index contributed by atoms with van der Waals surface area (Å²) in [4.78, 5) is 11.8. The summed E-state index contributed by atoms with van der Waals surface area (Å²) in [7, 11) is 0. The first-order valence-electron chi connectivity index (χ1n) is 6.02. The van der Waals surface area contributed by atoms with Gasteiger partial charge in [-0.2, -0.15) is 11.8 Å². The van der Waals surface area contributed by atoms with Crippen LogP contribution in [0.3, 0.4) is 0 Å². The van der Waals surface area contributed by atoms with E-state index in [4.69, 9.17) is 0 Å². The highest BCUT2D eigenvalue weighted by atomic mass is 32.2. The molecule has 5 heteroatoms. The Labute approximate surface area is 101 Å². The van der Waals surface area contributed by atoms with E-state index in [2.05, 4.69) is 10.6 Å². The Kier molecular flexibility index (Phi) is 4.49. The average molecular weight is 244 g/mol. The molecular weight excluding hydrogens is 224 g/mol. The zero-order valence-corrected chi connectivity index (χ0v) is 10.3. The van der Waals surface area contributed by atoms with Crippen LogP contribution < -0.4 is 10.6 Å². The molecule has 1 aliphatic heterocycles. The number of carbonyl (C=O) groups excluding carboxylic acids is 1.